The van der Waals surface area contributed by atoms with E-state index in [4.69, 9.17) is 44.9 Å². The summed E-state index contributed by atoms with van der Waals surface area (Å²) in [5, 5.41) is 8.14. The van der Waals surface area contributed by atoms with Gasteiger partial charge in [-0.1, -0.05) is 99.3 Å². The van der Waals surface area contributed by atoms with Crippen LogP contribution in [-0.4, -0.2) is 278 Å². The van der Waals surface area contributed by atoms with Crippen molar-refractivity contribution in [3.63, 3.8) is 0 Å². The molecule has 6 saturated heterocycles. The molecule has 0 spiro atoms. The van der Waals surface area contributed by atoms with Gasteiger partial charge < -0.3 is 40.0 Å². The van der Waals surface area contributed by atoms with E-state index in [1.807, 2.05) is 0 Å². The average Bonchev–Trinajstić information content (AvgIpc) is 0.723. The van der Waals surface area contributed by atoms with E-state index in [-0.39, 0.29) is 109 Å². The van der Waals surface area contributed by atoms with Crippen molar-refractivity contribution in [2.24, 2.45) is 0 Å². The van der Waals surface area contributed by atoms with Gasteiger partial charge in [0.1, 0.15) is 0 Å². The lowest BCUT2D eigenvalue weighted by atomic mass is 9.77. The zero-order valence-electron chi connectivity index (χ0n) is 89.5. The molecule has 3 aromatic heterocycles. The second-order valence-corrected chi connectivity index (χ2v) is 48.7. The first kappa shape index (κ1) is 107. The van der Waals surface area contributed by atoms with Gasteiger partial charge in [0.05, 0.1) is 0 Å². The summed E-state index contributed by atoms with van der Waals surface area (Å²) < 4.78 is 0. The van der Waals surface area contributed by atoms with Crippen molar-refractivity contribution in [3.05, 3.63) is 0 Å². The van der Waals surface area contributed by atoms with Crippen molar-refractivity contribution >= 4 is 53.5 Å². The molecule has 0 amide bonds. The molecule has 1 atom stereocenters. The molecule has 6 aliphatic heterocycles. The third kappa shape index (κ3) is 26.4. The fourth-order valence-electron chi connectivity index (χ4n) is 24.0. The van der Waals surface area contributed by atoms with Crippen LogP contribution in [0.25, 0.3) is 0 Å². The Hall–Kier alpha value is -5.05. The minimum atomic E-state index is -0.0339. The molecule has 25 nitrogen and oxygen atoms in total. The molecule has 9 heterocycles. The lowest BCUT2D eigenvalue weighted by Crippen LogP contribution is -2.63. The molecule has 25 heteroatoms. The Kier molecular flexibility index (Phi) is 36.1. The highest BCUT2D eigenvalue weighted by atomic mass is 15.5. The highest BCUT2D eigenvalue weighted by Gasteiger charge is 2.53. The number of piperidine rings is 6. The largest absolute Gasteiger partial charge is 0.354 e. The highest BCUT2D eigenvalue weighted by molar-refractivity contribution is 5.51. The van der Waals surface area contributed by atoms with Crippen LogP contribution in [0.3, 0.4) is 0 Å². The fraction of sp³-hybridized carbons (Fsp3) is 0.913. The minimum Gasteiger partial charge on any atom is -0.354 e. The zero-order chi connectivity index (χ0) is 94.9. The Morgan fingerprint density at radius 1 is 0.250 bits per heavy atom. The van der Waals surface area contributed by atoms with E-state index in [1.165, 1.54) is 0 Å². The molecule has 734 valence electrons. The van der Waals surface area contributed by atoms with Gasteiger partial charge in [-0.15, -0.1) is 0 Å². The molecule has 9 rings (SSSR count). The van der Waals surface area contributed by atoms with Crippen molar-refractivity contribution < 1.29 is 0 Å². The number of likely N-dealkylation sites (tertiary alicyclic amines) is 6. The number of hydrogen-bond donors (Lipinski definition) is 4. The molecule has 0 bridgehead atoms. The molecular weight excluding hydrogens is 1590 g/mol. The molecule has 0 aliphatic carbocycles. The summed E-state index contributed by atoms with van der Waals surface area (Å²) in [7, 11) is 13.9. The molecule has 1 unspecified atom stereocenters. The Morgan fingerprint density at radius 2 is 0.445 bits per heavy atom. The van der Waals surface area contributed by atoms with Gasteiger partial charge >= 0.3 is 0 Å². The van der Waals surface area contributed by atoms with Crippen LogP contribution in [0.2, 0.25) is 0 Å². The molecule has 3 aromatic rings. The lowest BCUT2D eigenvalue weighted by Gasteiger charge is -2.56. The van der Waals surface area contributed by atoms with Crippen molar-refractivity contribution in [1.29, 1.82) is 0 Å². The predicted molar refractivity (Wildman–Crippen MR) is 547 cm³/mol. The van der Waals surface area contributed by atoms with E-state index >= 15 is 0 Å². The van der Waals surface area contributed by atoms with E-state index < -0.39 is 0 Å². The number of hydrazine groups is 1. The van der Waals surface area contributed by atoms with Crippen LogP contribution in [0.4, 0.5) is 53.5 Å². The third-order valence-electron chi connectivity index (χ3n) is 33.4. The molecule has 0 radical (unpaired) electrons. The normalized spacial score (nSPS) is 23.1. The SMILES string of the molecule is CCCCN(c1nc(NCCCCCC(CCCCNNc2nc(N(CCCC)C3CC(C)(C)N(C)C(C)(C)C3)nc(N(CCCC)C3CC(C)(C)N(C)C(C)(C)C3)n2)Nc2nc(N(CCCC)C3CC(C)(C)N(C)C(C)(C)C3)nc(N(CCCC)C3CC(C)(C)N(C)C(C)(C)C3)n2)nc(N(CCCC)C2CC(C)(C)N(C)C(C)(C)C2)n1)C1CC(C)(C)N(C)C(C)(C)C1. The zero-order valence-corrected chi connectivity index (χ0v) is 89.5. The van der Waals surface area contributed by atoms with Crippen LogP contribution in [0.5, 0.6) is 0 Å². The number of hydrogen-bond acceptors (Lipinski definition) is 25. The Labute approximate surface area is 784 Å². The maximum absolute atomic E-state index is 5.83. The van der Waals surface area contributed by atoms with Crippen molar-refractivity contribution in [2.45, 2.75) is 516 Å². The third-order valence-corrected chi connectivity index (χ3v) is 33.4. The van der Waals surface area contributed by atoms with Crippen LogP contribution in [0.1, 0.15) is 407 Å². The van der Waals surface area contributed by atoms with E-state index in [0.717, 1.165) is 287 Å². The van der Waals surface area contributed by atoms with Gasteiger partial charge in [0.25, 0.3) is 0 Å². The number of nitrogens with one attached hydrogen (secondary N) is 4. The summed E-state index contributed by atoms with van der Waals surface area (Å²) >= 11 is 0. The van der Waals surface area contributed by atoms with Gasteiger partial charge in [0.2, 0.25) is 53.5 Å². The second-order valence-electron chi connectivity index (χ2n) is 48.7. The van der Waals surface area contributed by atoms with Gasteiger partial charge in [0.15, 0.2) is 0 Å². The Morgan fingerprint density at radius 3 is 0.664 bits per heavy atom. The van der Waals surface area contributed by atoms with Crippen LogP contribution in [0, 0.1) is 0 Å². The van der Waals surface area contributed by atoms with Crippen LogP contribution >= 0.6 is 0 Å². The van der Waals surface area contributed by atoms with Gasteiger partial charge in [0, 0.05) is 161 Å². The van der Waals surface area contributed by atoms with E-state index in [9.17, 15) is 0 Å². The first-order valence-corrected chi connectivity index (χ1v) is 51.9. The number of rotatable bonds is 46. The first-order valence-electron chi connectivity index (χ1n) is 51.9. The number of unbranched alkanes of at least 4 members (excludes halogenated alkanes) is 9. The molecule has 6 aliphatic rings. The minimum absolute atomic E-state index is 0.00729. The molecule has 128 heavy (non-hydrogen) atoms. The van der Waals surface area contributed by atoms with E-state index in [2.05, 4.69) is 330 Å². The molecule has 4 N–H and O–H groups in total. The maximum Gasteiger partial charge on any atom is 0.243 e. The molecule has 0 aromatic carbocycles. The number of anilines is 9. The smallest absolute Gasteiger partial charge is 0.243 e. The van der Waals surface area contributed by atoms with Crippen molar-refractivity contribution in [3.8, 4) is 0 Å². The monoisotopic (exact) mass is 1780 g/mol. The molecule has 0 saturated carbocycles. The quantitative estimate of drug-likeness (QED) is 0.0307. The number of aromatic nitrogens is 9. The summed E-state index contributed by atoms with van der Waals surface area (Å²) in [6, 6.07) is 1.61. The summed E-state index contributed by atoms with van der Waals surface area (Å²) in [6.07, 6.45) is 32.0. The standard InChI is InChI=1S/C103H197N25/c1-37-43-58-123(77-64-92(7,8)117(31)93(9,10)65-77)86-107-83(108-87(113-86)124(59-44-38-2)78-66-94(11,12)118(32)95(13,14)67-78)104-56-52-49-50-54-76(106-84-109-88(125(60-45-39-3)79-68-96(15,16)119(33)97(17,18)69-79)114-89(110-84)126(61-46-40-4)80-70-98(19,20)120(34)99(21,22)71-80)55-51-53-57-105-116-85-111-90(127(62-47-41-5)81-72-100(23,24)121(35)101(25,26)73-81)115-91(112-85)128(63-48-42-6)82-74-102(27,28)122(36)103(29,30)75-82/h76-82,105H,37-75H2,1-36H3,(H,104,107,108,113)(H,106,109,110,114)(H,111,112,115,116). The van der Waals surface area contributed by atoms with Crippen LogP contribution in [-0.2, 0) is 0 Å². The Bertz CT molecular complexity index is 3410. The fourth-order valence-corrected chi connectivity index (χ4v) is 24.0. The lowest BCUT2D eigenvalue weighted by molar-refractivity contribution is -0.0135. The Balaban J connectivity index is 1.07. The highest BCUT2D eigenvalue weighted by Crippen LogP contribution is 2.48. The van der Waals surface area contributed by atoms with E-state index in [0.29, 0.717) is 17.8 Å². The van der Waals surface area contributed by atoms with Crippen LogP contribution < -0.4 is 50.9 Å². The first-order chi connectivity index (χ1) is 59.6. The van der Waals surface area contributed by atoms with E-state index in [1.54, 1.807) is 0 Å². The average molecular weight is 1790 g/mol. The molecular formula is C103H197N25. The topological polar surface area (TPSA) is 203 Å². The second kappa shape index (κ2) is 43.3. The predicted octanol–water partition coefficient (Wildman–Crippen LogP) is 21.0. The summed E-state index contributed by atoms with van der Waals surface area (Å²) in [4.78, 5) is 82.1. The van der Waals surface area contributed by atoms with Gasteiger partial charge in [-0.2, -0.15) is 44.9 Å². The maximum atomic E-state index is 5.83. The summed E-state index contributed by atoms with van der Waals surface area (Å²) in [5.41, 5.74) is 7.19. The van der Waals surface area contributed by atoms with Crippen molar-refractivity contribution in [1.82, 2.24) is 79.7 Å². The van der Waals surface area contributed by atoms with Gasteiger partial charge in [-0.25, -0.2) is 5.43 Å². The van der Waals surface area contributed by atoms with Gasteiger partial charge in [-0.3, -0.25) is 34.8 Å². The van der Waals surface area contributed by atoms with Crippen LogP contribution in [0.15, 0.2) is 0 Å². The van der Waals surface area contributed by atoms with Crippen molar-refractivity contribution in [2.75, 3.05) is 140 Å². The summed E-state index contributed by atoms with van der Waals surface area (Å²) in [6.45, 7) is 79.0. The summed E-state index contributed by atoms with van der Waals surface area (Å²) in [5.74, 6) is 6.81. The number of nitrogens with zero attached hydrogens (tertiary/aromatic N) is 21. The van der Waals surface area contributed by atoms with Gasteiger partial charge in [-0.05, 0) is 350 Å². The molecule has 6 fully saturated rings.